The average Bonchev–Trinajstić information content (AvgIpc) is 2.78. The molecule has 0 saturated carbocycles. The highest BCUT2D eigenvalue weighted by molar-refractivity contribution is 7.89. The number of nitrogens with zero attached hydrogens (tertiary/aromatic N) is 3. The highest BCUT2D eigenvalue weighted by atomic mass is 32.2. The molecule has 0 aromatic heterocycles. The molecule has 7 nitrogen and oxygen atoms in total. The molecule has 1 fully saturated rings. The Bertz CT molecular complexity index is 1040. The van der Waals surface area contributed by atoms with Gasteiger partial charge in [0, 0.05) is 32.7 Å². The Balaban J connectivity index is 1.90. The molecule has 0 atom stereocenters. The van der Waals surface area contributed by atoms with Crippen LogP contribution in [0.15, 0.2) is 47.4 Å². The number of carbonyl (C=O) groups is 1. The fraction of sp³-hybridized carbons (Fsp3) is 0.409. The predicted octanol–water partition coefficient (Wildman–Crippen LogP) is 2.19. The summed E-state index contributed by atoms with van der Waals surface area (Å²) < 4.78 is 60.3. The summed E-state index contributed by atoms with van der Waals surface area (Å²) >= 11 is 0. The van der Waals surface area contributed by atoms with Crippen molar-refractivity contribution in [2.75, 3.05) is 53.5 Å². The lowest BCUT2D eigenvalue weighted by molar-refractivity contribution is 0.0723. The molecule has 1 saturated heterocycles. The van der Waals surface area contributed by atoms with Crippen LogP contribution >= 0.6 is 0 Å². The van der Waals surface area contributed by atoms with Gasteiger partial charge in [0.05, 0.1) is 23.7 Å². The highest BCUT2D eigenvalue weighted by Crippen LogP contribution is 2.22. The van der Waals surface area contributed by atoms with Gasteiger partial charge in [-0.3, -0.25) is 4.79 Å². The zero-order valence-corrected chi connectivity index (χ0v) is 18.9. The van der Waals surface area contributed by atoms with Crippen molar-refractivity contribution in [2.24, 2.45) is 0 Å². The van der Waals surface area contributed by atoms with Crippen molar-refractivity contribution in [1.82, 2.24) is 14.1 Å². The summed E-state index contributed by atoms with van der Waals surface area (Å²) in [5.74, 6) is -1.83. The minimum atomic E-state index is -3.88. The first-order chi connectivity index (χ1) is 15.2. The average molecular weight is 468 g/mol. The molecule has 1 aliphatic rings. The standard InChI is InChI=1S/C22H27F2N3O4S/c1-25(2)9-10-26(16-17-3-5-18(23)6-4-17)22(28)20-15-19(7-8-21(20)24)32(29,30)27-11-13-31-14-12-27/h3-8,15H,9-14,16H2,1-2H3. The van der Waals surface area contributed by atoms with Gasteiger partial charge in [-0.1, -0.05) is 12.1 Å². The van der Waals surface area contributed by atoms with Gasteiger partial charge in [0.1, 0.15) is 11.6 Å². The van der Waals surface area contributed by atoms with E-state index in [4.69, 9.17) is 4.74 Å². The van der Waals surface area contributed by atoms with E-state index < -0.39 is 27.6 Å². The van der Waals surface area contributed by atoms with Crippen LogP contribution in [-0.4, -0.2) is 81.9 Å². The molecule has 174 valence electrons. The summed E-state index contributed by atoms with van der Waals surface area (Å²) in [6.07, 6.45) is 0. The van der Waals surface area contributed by atoms with Crippen molar-refractivity contribution in [3.05, 3.63) is 65.2 Å². The van der Waals surface area contributed by atoms with Gasteiger partial charge in [0.25, 0.3) is 5.91 Å². The Morgan fingerprint density at radius 3 is 2.31 bits per heavy atom. The molecular formula is C22H27F2N3O4S. The second-order valence-electron chi connectivity index (χ2n) is 7.81. The van der Waals surface area contributed by atoms with Crippen LogP contribution in [0.4, 0.5) is 8.78 Å². The lowest BCUT2D eigenvalue weighted by Crippen LogP contribution is -2.40. The minimum absolute atomic E-state index is 0.132. The Labute approximate surface area is 187 Å². The van der Waals surface area contributed by atoms with Gasteiger partial charge in [-0.25, -0.2) is 17.2 Å². The van der Waals surface area contributed by atoms with Gasteiger partial charge in [-0.2, -0.15) is 4.31 Å². The molecule has 0 bridgehead atoms. The molecule has 1 amide bonds. The fourth-order valence-corrected chi connectivity index (χ4v) is 4.75. The number of sulfonamides is 1. The molecule has 0 N–H and O–H groups in total. The van der Waals surface area contributed by atoms with Crippen LogP contribution in [-0.2, 0) is 21.3 Å². The van der Waals surface area contributed by atoms with Gasteiger partial charge >= 0.3 is 0 Å². The van der Waals surface area contributed by atoms with E-state index in [1.807, 2.05) is 19.0 Å². The van der Waals surface area contributed by atoms with Gasteiger partial charge in [0.2, 0.25) is 10.0 Å². The lowest BCUT2D eigenvalue weighted by Gasteiger charge is -2.27. The number of hydrogen-bond donors (Lipinski definition) is 0. The van der Waals surface area contributed by atoms with Gasteiger partial charge in [0.15, 0.2) is 0 Å². The van der Waals surface area contributed by atoms with E-state index in [-0.39, 0.29) is 49.9 Å². The van der Waals surface area contributed by atoms with E-state index in [0.717, 1.165) is 12.1 Å². The summed E-state index contributed by atoms with van der Waals surface area (Å²) in [5, 5.41) is 0. The first-order valence-corrected chi connectivity index (χ1v) is 11.7. The van der Waals surface area contributed by atoms with Crippen LogP contribution in [0.5, 0.6) is 0 Å². The molecule has 0 spiro atoms. The second-order valence-corrected chi connectivity index (χ2v) is 9.75. The zero-order valence-electron chi connectivity index (χ0n) is 18.1. The third kappa shape index (κ3) is 5.89. The highest BCUT2D eigenvalue weighted by Gasteiger charge is 2.29. The van der Waals surface area contributed by atoms with E-state index in [1.54, 1.807) is 12.1 Å². The normalized spacial score (nSPS) is 15.2. The van der Waals surface area contributed by atoms with E-state index in [0.29, 0.717) is 12.1 Å². The number of halogens is 2. The fourth-order valence-electron chi connectivity index (χ4n) is 3.32. The van der Waals surface area contributed by atoms with Crippen LogP contribution in [0.25, 0.3) is 0 Å². The van der Waals surface area contributed by atoms with Gasteiger partial charge in [-0.15, -0.1) is 0 Å². The van der Waals surface area contributed by atoms with E-state index in [2.05, 4.69) is 0 Å². The third-order valence-electron chi connectivity index (χ3n) is 5.17. The zero-order chi connectivity index (χ0) is 23.3. The van der Waals surface area contributed by atoms with Crippen LogP contribution in [0.2, 0.25) is 0 Å². The molecule has 0 radical (unpaired) electrons. The van der Waals surface area contributed by atoms with Crippen molar-refractivity contribution in [3.8, 4) is 0 Å². The van der Waals surface area contributed by atoms with Crippen molar-refractivity contribution >= 4 is 15.9 Å². The Hall–Kier alpha value is -2.40. The van der Waals surface area contributed by atoms with E-state index >= 15 is 0 Å². The summed E-state index contributed by atoms with van der Waals surface area (Å²) in [6.45, 7) is 1.88. The van der Waals surface area contributed by atoms with Crippen LogP contribution < -0.4 is 0 Å². The molecule has 2 aromatic rings. The van der Waals surface area contributed by atoms with Crippen LogP contribution in [0, 0.1) is 11.6 Å². The van der Waals surface area contributed by atoms with E-state index in [1.165, 1.54) is 27.4 Å². The first kappa shape index (κ1) is 24.2. The molecule has 3 rings (SSSR count). The molecule has 2 aromatic carbocycles. The number of likely N-dealkylation sites (N-methyl/N-ethyl adjacent to an activating group) is 1. The number of benzene rings is 2. The molecule has 0 aliphatic carbocycles. The molecule has 10 heteroatoms. The number of rotatable bonds is 8. The minimum Gasteiger partial charge on any atom is -0.379 e. The molecule has 1 heterocycles. The second kappa shape index (κ2) is 10.5. The molecular weight excluding hydrogens is 440 g/mol. The Morgan fingerprint density at radius 1 is 1.03 bits per heavy atom. The molecule has 0 unspecified atom stereocenters. The van der Waals surface area contributed by atoms with Crippen LogP contribution in [0.1, 0.15) is 15.9 Å². The largest absolute Gasteiger partial charge is 0.379 e. The van der Waals surface area contributed by atoms with Crippen molar-refractivity contribution < 1.29 is 26.7 Å². The third-order valence-corrected chi connectivity index (χ3v) is 7.06. The summed E-state index contributed by atoms with van der Waals surface area (Å²) in [6, 6.07) is 8.96. The van der Waals surface area contributed by atoms with Gasteiger partial charge < -0.3 is 14.5 Å². The molecule has 1 aliphatic heterocycles. The van der Waals surface area contributed by atoms with Crippen molar-refractivity contribution in [2.45, 2.75) is 11.4 Å². The maximum atomic E-state index is 14.7. The topological polar surface area (TPSA) is 70.2 Å². The summed E-state index contributed by atoms with van der Waals surface area (Å²) in [4.78, 5) is 16.4. The van der Waals surface area contributed by atoms with E-state index in [9.17, 15) is 22.0 Å². The molecule has 32 heavy (non-hydrogen) atoms. The Kier molecular flexibility index (Phi) is 7.94. The maximum Gasteiger partial charge on any atom is 0.257 e. The smallest absolute Gasteiger partial charge is 0.257 e. The quantitative estimate of drug-likeness (QED) is 0.595. The number of carbonyl (C=O) groups excluding carboxylic acids is 1. The Morgan fingerprint density at radius 2 is 1.69 bits per heavy atom. The summed E-state index contributed by atoms with van der Waals surface area (Å²) in [7, 11) is -0.196. The van der Waals surface area contributed by atoms with Crippen molar-refractivity contribution in [3.63, 3.8) is 0 Å². The number of morpholine rings is 1. The number of amides is 1. The monoisotopic (exact) mass is 467 g/mol. The number of hydrogen-bond acceptors (Lipinski definition) is 5. The SMILES string of the molecule is CN(C)CCN(Cc1ccc(F)cc1)C(=O)c1cc(S(=O)(=O)N2CCOCC2)ccc1F. The van der Waals surface area contributed by atoms with Crippen molar-refractivity contribution in [1.29, 1.82) is 0 Å². The predicted molar refractivity (Wildman–Crippen MR) is 116 cm³/mol. The number of ether oxygens (including phenoxy) is 1. The van der Waals surface area contributed by atoms with Crippen LogP contribution in [0.3, 0.4) is 0 Å². The summed E-state index contributed by atoms with van der Waals surface area (Å²) in [5.41, 5.74) is 0.358. The lowest BCUT2D eigenvalue weighted by atomic mass is 10.1. The maximum absolute atomic E-state index is 14.7. The van der Waals surface area contributed by atoms with Gasteiger partial charge in [-0.05, 0) is 50.0 Å². The first-order valence-electron chi connectivity index (χ1n) is 10.2.